The predicted molar refractivity (Wildman–Crippen MR) is 100 cm³/mol. The van der Waals surface area contributed by atoms with Gasteiger partial charge in [0, 0.05) is 11.6 Å². The van der Waals surface area contributed by atoms with Gasteiger partial charge in [0.15, 0.2) is 11.5 Å². The lowest BCUT2D eigenvalue weighted by atomic mass is 10.1. The first-order valence-corrected chi connectivity index (χ1v) is 8.46. The highest BCUT2D eigenvalue weighted by atomic mass is 16.5. The molecule has 7 heteroatoms. The van der Waals surface area contributed by atoms with Crippen LogP contribution in [0.15, 0.2) is 71.5 Å². The fourth-order valence-corrected chi connectivity index (χ4v) is 2.59. The minimum absolute atomic E-state index is 0.170. The maximum atomic E-state index is 12.3. The van der Waals surface area contributed by atoms with Gasteiger partial charge in [0.25, 0.3) is 5.91 Å². The molecule has 0 saturated heterocycles. The van der Waals surface area contributed by atoms with Crippen LogP contribution >= 0.6 is 0 Å². The molecule has 2 aromatic carbocycles. The molecule has 0 aliphatic heterocycles. The fraction of sp³-hybridized carbons (Fsp3) is 0.100. The van der Waals surface area contributed by atoms with Crippen molar-refractivity contribution < 1.29 is 9.32 Å². The monoisotopic (exact) mass is 359 g/mol. The summed E-state index contributed by atoms with van der Waals surface area (Å²) in [5.41, 5.74) is 3.33. The van der Waals surface area contributed by atoms with Gasteiger partial charge in [-0.15, -0.1) is 5.10 Å². The van der Waals surface area contributed by atoms with Crippen molar-refractivity contribution in [1.82, 2.24) is 19.9 Å². The zero-order valence-corrected chi connectivity index (χ0v) is 14.7. The average Bonchev–Trinajstić information content (AvgIpc) is 3.34. The van der Waals surface area contributed by atoms with Crippen LogP contribution in [0.2, 0.25) is 0 Å². The Morgan fingerprint density at radius 2 is 1.89 bits per heavy atom. The van der Waals surface area contributed by atoms with E-state index in [1.165, 1.54) is 5.56 Å². The zero-order chi connectivity index (χ0) is 18.6. The second-order valence-electron chi connectivity index (χ2n) is 6.15. The molecule has 27 heavy (non-hydrogen) atoms. The Hall–Kier alpha value is -3.74. The van der Waals surface area contributed by atoms with Gasteiger partial charge in [-0.1, -0.05) is 65.3 Å². The van der Waals surface area contributed by atoms with Gasteiger partial charge in [-0.25, -0.2) is 9.67 Å². The van der Waals surface area contributed by atoms with Gasteiger partial charge in [0.2, 0.25) is 5.95 Å². The number of rotatable bonds is 5. The number of aromatic nitrogens is 4. The van der Waals surface area contributed by atoms with Crippen LogP contribution in [0.5, 0.6) is 0 Å². The molecule has 0 aliphatic rings. The lowest BCUT2D eigenvalue weighted by Crippen LogP contribution is -2.13. The number of hydrogen-bond acceptors (Lipinski definition) is 5. The topological polar surface area (TPSA) is 85.8 Å². The van der Waals surface area contributed by atoms with Crippen molar-refractivity contribution in [1.29, 1.82) is 0 Å². The SMILES string of the molecule is Cc1ccc(Cn2cnc(NC(=O)c3cc(-c4ccccc4)on3)n2)cc1. The normalized spacial score (nSPS) is 10.7. The van der Waals surface area contributed by atoms with E-state index in [2.05, 4.69) is 20.6 Å². The molecule has 0 spiro atoms. The maximum absolute atomic E-state index is 12.3. The smallest absolute Gasteiger partial charge is 0.280 e. The van der Waals surface area contributed by atoms with Crippen LogP contribution in [0.25, 0.3) is 11.3 Å². The van der Waals surface area contributed by atoms with Crippen molar-refractivity contribution >= 4 is 11.9 Å². The lowest BCUT2D eigenvalue weighted by molar-refractivity contribution is 0.101. The Morgan fingerprint density at radius 1 is 1.11 bits per heavy atom. The molecule has 0 radical (unpaired) electrons. The highest BCUT2D eigenvalue weighted by molar-refractivity contribution is 6.02. The summed E-state index contributed by atoms with van der Waals surface area (Å²) in [4.78, 5) is 16.5. The molecule has 2 aromatic heterocycles. The van der Waals surface area contributed by atoms with E-state index in [-0.39, 0.29) is 11.6 Å². The van der Waals surface area contributed by atoms with Crippen LogP contribution in [0, 0.1) is 6.92 Å². The Bertz CT molecular complexity index is 1050. The molecule has 0 fully saturated rings. The van der Waals surface area contributed by atoms with Crippen LogP contribution in [-0.4, -0.2) is 25.8 Å². The van der Waals surface area contributed by atoms with E-state index in [4.69, 9.17) is 4.52 Å². The van der Waals surface area contributed by atoms with E-state index in [0.29, 0.717) is 12.3 Å². The number of amides is 1. The summed E-state index contributed by atoms with van der Waals surface area (Å²) in [5, 5.41) is 10.7. The van der Waals surface area contributed by atoms with Crippen molar-refractivity contribution in [2.45, 2.75) is 13.5 Å². The van der Waals surface area contributed by atoms with Crippen LogP contribution in [0.3, 0.4) is 0 Å². The number of nitrogens with zero attached hydrogens (tertiary/aromatic N) is 4. The second-order valence-corrected chi connectivity index (χ2v) is 6.15. The van der Waals surface area contributed by atoms with Crippen LogP contribution in [0.1, 0.15) is 21.6 Å². The van der Waals surface area contributed by atoms with Crippen LogP contribution in [-0.2, 0) is 6.54 Å². The first kappa shape index (κ1) is 16.7. The summed E-state index contributed by atoms with van der Waals surface area (Å²) in [6, 6.07) is 19.2. The number of anilines is 1. The summed E-state index contributed by atoms with van der Waals surface area (Å²) in [5.74, 6) is 0.323. The standard InChI is InChI=1S/C20H17N5O2/c1-14-7-9-15(10-8-14)12-25-13-21-20(23-25)22-19(26)17-11-18(27-24-17)16-5-3-2-4-6-16/h2-11,13H,12H2,1H3,(H,22,23,26). The van der Waals surface area contributed by atoms with Gasteiger partial charge in [0.05, 0.1) is 6.54 Å². The summed E-state index contributed by atoms with van der Waals surface area (Å²) >= 11 is 0. The van der Waals surface area contributed by atoms with E-state index >= 15 is 0 Å². The van der Waals surface area contributed by atoms with Gasteiger partial charge < -0.3 is 4.52 Å². The molecular formula is C20H17N5O2. The number of carbonyl (C=O) groups excluding carboxylic acids is 1. The molecule has 134 valence electrons. The molecule has 0 unspecified atom stereocenters. The lowest BCUT2D eigenvalue weighted by Gasteiger charge is -2.01. The van der Waals surface area contributed by atoms with Crippen molar-refractivity contribution in [3.63, 3.8) is 0 Å². The minimum Gasteiger partial charge on any atom is -0.355 e. The van der Waals surface area contributed by atoms with Crippen molar-refractivity contribution in [3.8, 4) is 11.3 Å². The van der Waals surface area contributed by atoms with Crippen molar-refractivity contribution in [2.75, 3.05) is 5.32 Å². The predicted octanol–water partition coefficient (Wildman–Crippen LogP) is 3.54. The molecule has 7 nitrogen and oxygen atoms in total. The molecule has 4 aromatic rings. The Kier molecular flexibility index (Phi) is 4.49. The summed E-state index contributed by atoms with van der Waals surface area (Å²) in [6.07, 6.45) is 1.58. The summed E-state index contributed by atoms with van der Waals surface area (Å²) < 4.78 is 6.91. The molecule has 1 N–H and O–H groups in total. The van der Waals surface area contributed by atoms with Gasteiger partial charge in [-0.05, 0) is 12.5 Å². The molecule has 0 aliphatic carbocycles. The average molecular weight is 359 g/mol. The minimum atomic E-state index is -0.422. The molecule has 4 rings (SSSR count). The highest BCUT2D eigenvalue weighted by Gasteiger charge is 2.15. The van der Waals surface area contributed by atoms with E-state index in [9.17, 15) is 4.79 Å². The van der Waals surface area contributed by atoms with Crippen molar-refractivity contribution in [3.05, 3.63) is 83.8 Å². The van der Waals surface area contributed by atoms with Crippen molar-refractivity contribution in [2.24, 2.45) is 0 Å². The first-order chi connectivity index (χ1) is 13.2. The van der Waals surface area contributed by atoms with Crippen LogP contribution in [0.4, 0.5) is 5.95 Å². The number of benzene rings is 2. The molecule has 1 amide bonds. The Labute approximate surface area is 155 Å². The molecule has 0 bridgehead atoms. The third kappa shape index (κ3) is 3.92. The van der Waals surface area contributed by atoms with Crippen LogP contribution < -0.4 is 5.32 Å². The summed E-state index contributed by atoms with van der Waals surface area (Å²) in [6.45, 7) is 2.62. The van der Waals surface area contributed by atoms with Gasteiger partial charge in [-0.2, -0.15) is 0 Å². The van der Waals surface area contributed by atoms with Gasteiger partial charge in [-0.3, -0.25) is 10.1 Å². The summed E-state index contributed by atoms with van der Waals surface area (Å²) in [7, 11) is 0. The molecule has 2 heterocycles. The Balaban J connectivity index is 1.42. The van der Waals surface area contributed by atoms with E-state index in [1.807, 2.05) is 61.5 Å². The van der Waals surface area contributed by atoms with E-state index < -0.39 is 5.91 Å². The number of carbonyl (C=O) groups is 1. The second kappa shape index (κ2) is 7.25. The molecule has 0 saturated carbocycles. The third-order valence-electron chi connectivity index (χ3n) is 4.03. The van der Waals surface area contributed by atoms with Gasteiger partial charge >= 0.3 is 0 Å². The zero-order valence-electron chi connectivity index (χ0n) is 14.7. The largest absolute Gasteiger partial charge is 0.355 e. The molecule has 0 atom stereocenters. The van der Waals surface area contributed by atoms with Gasteiger partial charge in [0.1, 0.15) is 6.33 Å². The number of hydrogen-bond donors (Lipinski definition) is 1. The third-order valence-corrected chi connectivity index (χ3v) is 4.03. The van der Waals surface area contributed by atoms with E-state index in [0.717, 1.165) is 11.1 Å². The first-order valence-electron chi connectivity index (χ1n) is 8.46. The highest BCUT2D eigenvalue weighted by Crippen LogP contribution is 2.20. The number of nitrogens with one attached hydrogen (secondary N) is 1. The number of aryl methyl sites for hydroxylation is 1. The fourth-order valence-electron chi connectivity index (χ4n) is 2.59. The molecular weight excluding hydrogens is 342 g/mol. The maximum Gasteiger partial charge on any atom is 0.280 e. The quantitative estimate of drug-likeness (QED) is 0.589. The Morgan fingerprint density at radius 3 is 2.67 bits per heavy atom. The van der Waals surface area contributed by atoms with E-state index in [1.54, 1.807) is 17.1 Å².